The van der Waals surface area contributed by atoms with Gasteiger partial charge < -0.3 is 9.47 Å². The van der Waals surface area contributed by atoms with Crippen molar-refractivity contribution in [2.75, 3.05) is 6.61 Å². The fraction of sp³-hybridized carbons (Fsp3) is 0.300. The van der Waals surface area contributed by atoms with Gasteiger partial charge in [0.05, 0.1) is 22.2 Å². The van der Waals surface area contributed by atoms with Gasteiger partial charge in [-0.05, 0) is 58.7 Å². The van der Waals surface area contributed by atoms with Gasteiger partial charge in [0.1, 0.15) is 11.5 Å². The van der Waals surface area contributed by atoms with Crippen LogP contribution in [0.5, 0.6) is 11.5 Å². The topological polar surface area (TPSA) is 52.6 Å². The first-order chi connectivity index (χ1) is 12.5. The van der Waals surface area contributed by atoms with E-state index in [2.05, 4.69) is 38.8 Å². The van der Waals surface area contributed by atoms with Gasteiger partial charge in [0.15, 0.2) is 6.29 Å². The number of benzene rings is 2. The molecule has 0 saturated heterocycles. The molecule has 0 unspecified atom stereocenters. The standard InChI is InChI=1S/C20H20Br2O4/c1-2-3-4-5-10-25-19-8-6-14(12-17(19)22)20(24)26-18-9-7-16(21)11-15(18)13-23/h6-9,11-13H,2-5,10H2,1H3. The molecule has 0 fully saturated rings. The van der Waals surface area contributed by atoms with Crippen molar-refractivity contribution in [2.45, 2.75) is 32.6 Å². The minimum absolute atomic E-state index is 0.223. The first kappa shape index (κ1) is 20.6. The zero-order valence-electron chi connectivity index (χ0n) is 14.5. The summed E-state index contributed by atoms with van der Waals surface area (Å²) in [5.41, 5.74) is 0.675. The Labute approximate surface area is 170 Å². The summed E-state index contributed by atoms with van der Waals surface area (Å²) in [5.74, 6) is 0.376. The predicted molar refractivity (Wildman–Crippen MR) is 108 cm³/mol. The Bertz CT molecular complexity index is 774. The highest BCUT2D eigenvalue weighted by Gasteiger charge is 2.14. The number of hydrogen-bond donors (Lipinski definition) is 0. The first-order valence-electron chi connectivity index (χ1n) is 8.44. The van der Waals surface area contributed by atoms with Crippen molar-refractivity contribution in [1.29, 1.82) is 0 Å². The van der Waals surface area contributed by atoms with Crippen LogP contribution in [0.25, 0.3) is 0 Å². The number of aldehydes is 1. The van der Waals surface area contributed by atoms with Crippen LogP contribution in [0.4, 0.5) is 0 Å². The monoisotopic (exact) mass is 482 g/mol. The molecule has 0 amide bonds. The number of unbranched alkanes of at least 4 members (excludes halogenated alkanes) is 3. The average Bonchev–Trinajstić information content (AvgIpc) is 2.64. The Morgan fingerprint density at radius 2 is 1.81 bits per heavy atom. The third-order valence-electron chi connectivity index (χ3n) is 3.72. The Kier molecular flexibility index (Phi) is 8.32. The van der Waals surface area contributed by atoms with Crippen LogP contribution in [0.1, 0.15) is 53.3 Å². The van der Waals surface area contributed by atoms with Crippen LogP contribution in [0.2, 0.25) is 0 Å². The second kappa shape index (κ2) is 10.5. The minimum Gasteiger partial charge on any atom is -0.492 e. The van der Waals surface area contributed by atoms with Crippen LogP contribution in [0, 0.1) is 0 Å². The Morgan fingerprint density at radius 1 is 1.04 bits per heavy atom. The van der Waals surface area contributed by atoms with E-state index in [4.69, 9.17) is 9.47 Å². The first-order valence-corrected chi connectivity index (χ1v) is 10.0. The molecular weight excluding hydrogens is 464 g/mol. The van der Waals surface area contributed by atoms with Gasteiger partial charge in [-0.2, -0.15) is 0 Å². The van der Waals surface area contributed by atoms with Gasteiger partial charge in [-0.25, -0.2) is 4.79 Å². The lowest BCUT2D eigenvalue weighted by Crippen LogP contribution is -2.10. The van der Waals surface area contributed by atoms with Crippen LogP contribution in [-0.4, -0.2) is 18.9 Å². The van der Waals surface area contributed by atoms with Crippen molar-refractivity contribution in [3.05, 3.63) is 56.5 Å². The molecule has 0 spiro atoms. The molecule has 0 radical (unpaired) electrons. The smallest absolute Gasteiger partial charge is 0.343 e. The van der Waals surface area contributed by atoms with Crippen molar-refractivity contribution in [3.63, 3.8) is 0 Å². The zero-order chi connectivity index (χ0) is 18.9. The van der Waals surface area contributed by atoms with Crippen molar-refractivity contribution in [2.24, 2.45) is 0 Å². The van der Waals surface area contributed by atoms with Gasteiger partial charge in [-0.3, -0.25) is 4.79 Å². The van der Waals surface area contributed by atoms with Crippen LogP contribution in [0.15, 0.2) is 45.3 Å². The molecule has 0 bridgehead atoms. The summed E-state index contributed by atoms with van der Waals surface area (Å²) in [6, 6.07) is 9.93. The van der Waals surface area contributed by atoms with Crippen molar-refractivity contribution >= 4 is 44.1 Å². The number of carbonyl (C=O) groups excluding carboxylic acids is 2. The number of esters is 1. The molecule has 0 atom stereocenters. The van der Waals surface area contributed by atoms with E-state index in [-0.39, 0.29) is 5.75 Å². The highest BCUT2D eigenvalue weighted by Crippen LogP contribution is 2.28. The third kappa shape index (κ3) is 5.95. The molecule has 0 aromatic heterocycles. The average molecular weight is 484 g/mol. The van der Waals surface area contributed by atoms with Crippen LogP contribution in [-0.2, 0) is 0 Å². The van der Waals surface area contributed by atoms with Gasteiger partial charge >= 0.3 is 5.97 Å². The SMILES string of the molecule is CCCCCCOc1ccc(C(=O)Oc2ccc(Br)cc2C=O)cc1Br. The quantitative estimate of drug-likeness (QED) is 0.184. The normalized spacial score (nSPS) is 10.4. The maximum Gasteiger partial charge on any atom is 0.343 e. The predicted octanol–water partition coefficient (Wildman–Crippen LogP) is 6.20. The lowest BCUT2D eigenvalue weighted by Gasteiger charge is -2.10. The second-order valence-electron chi connectivity index (χ2n) is 5.74. The fourth-order valence-corrected chi connectivity index (χ4v) is 3.19. The molecule has 0 aliphatic heterocycles. The van der Waals surface area contributed by atoms with E-state index in [1.54, 1.807) is 36.4 Å². The molecule has 26 heavy (non-hydrogen) atoms. The van der Waals surface area contributed by atoms with Gasteiger partial charge in [0.25, 0.3) is 0 Å². The fourth-order valence-electron chi connectivity index (χ4n) is 2.32. The van der Waals surface area contributed by atoms with E-state index in [0.717, 1.165) is 17.3 Å². The number of rotatable bonds is 9. The van der Waals surface area contributed by atoms with E-state index < -0.39 is 5.97 Å². The lowest BCUT2D eigenvalue weighted by molar-refractivity contribution is 0.0733. The van der Waals surface area contributed by atoms with Crippen LogP contribution >= 0.6 is 31.9 Å². The molecule has 2 aromatic carbocycles. The number of carbonyl (C=O) groups is 2. The second-order valence-corrected chi connectivity index (χ2v) is 7.51. The number of halogens is 2. The highest BCUT2D eigenvalue weighted by atomic mass is 79.9. The summed E-state index contributed by atoms with van der Waals surface area (Å²) >= 11 is 6.71. The highest BCUT2D eigenvalue weighted by molar-refractivity contribution is 9.10. The summed E-state index contributed by atoms with van der Waals surface area (Å²) in [6.45, 7) is 2.81. The van der Waals surface area contributed by atoms with Gasteiger partial charge in [-0.15, -0.1) is 0 Å². The number of ether oxygens (including phenoxy) is 2. The largest absolute Gasteiger partial charge is 0.492 e. The summed E-state index contributed by atoms with van der Waals surface area (Å²) in [6.07, 6.45) is 5.19. The van der Waals surface area contributed by atoms with Crippen molar-refractivity contribution in [3.8, 4) is 11.5 Å². The molecule has 2 aromatic rings. The molecule has 0 aliphatic rings. The molecule has 2 rings (SSSR count). The third-order valence-corrected chi connectivity index (χ3v) is 4.84. The molecule has 0 aliphatic carbocycles. The van der Waals surface area contributed by atoms with Crippen LogP contribution in [0.3, 0.4) is 0 Å². The lowest BCUT2D eigenvalue weighted by atomic mass is 10.2. The van der Waals surface area contributed by atoms with E-state index >= 15 is 0 Å². The van der Waals surface area contributed by atoms with Crippen LogP contribution < -0.4 is 9.47 Å². The summed E-state index contributed by atoms with van der Waals surface area (Å²) < 4.78 is 12.5. The number of hydrogen-bond acceptors (Lipinski definition) is 4. The maximum atomic E-state index is 12.4. The molecule has 4 nitrogen and oxygen atoms in total. The minimum atomic E-state index is -0.536. The molecule has 138 valence electrons. The van der Waals surface area contributed by atoms with E-state index in [9.17, 15) is 9.59 Å². The molecule has 6 heteroatoms. The Morgan fingerprint density at radius 3 is 2.50 bits per heavy atom. The molecule has 0 N–H and O–H groups in total. The Balaban J connectivity index is 2.01. The van der Waals surface area contributed by atoms with Gasteiger partial charge in [0.2, 0.25) is 0 Å². The summed E-state index contributed by atoms with van der Waals surface area (Å²) in [7, 11) is 0. The molecule has 0 heterocycles. The van der Waals surface area contributed by atoms with E-state index in [1.165, 1.54) is 12.8 Å². The summed E-state index contributed by atoms with van der Waals surface area (Å²) in [5, 5.41) is 0. The molecule has 0 saturated carbocycles. The summed E-state index contributed by atoms with van der Waals surface area (Å²) in [4.78, 5) is 23.5. The van der Waals surface area contributed by atoms with E-state index in [0.29, 0.717) is 34.2 Å². The maximum absolute atomic E-state index is 12.4. The van der Waals surface area contributed by atoms with Gasteiger partial charge in [-0.1, -0.05) is 42.1 Å². The molecular formula is C20H20Br2O4. The van der Waals surface area contributed by atoms with Gasteiger partial charge in [0, 0.05) is 4.47 Å². The Hall–Kier alpha value is -1.66. The zero-order valence-corrected chi connectivity index (χ0v) is 17.6. The van der Waals surface area contributed by atoms with E-state index in [1.807, 2.05) is 0 Å². The van der Waals surface area contributed by atoms with Crippen molar-refractivity contribution in [1.82, 2.24) is 0 Å². The van der Waals surface area contributed by atoms with Crippen molar-refractivity contribution < 1.29 is 19.1 Å².